The summed E-state index contributed by atoms with van der Waals surface area (Å²) in [6, 6.07) is 14.1. The van der Waals surface area contributed by atoms with Crippen LogP contribution in [-0.2, 0) is 26.1 Å². The van der Waals surface area contributed by atoms with E-state index in [-0.39, 0.29) is 48.7 Å². The highest BCUT2D eigenvalue weighted by molar-refractivity contribution is 7.92. The number of hydrogen-bond acceptors (Lipinski definition) is 6. The van der Waals surface area contributed by atoms with E-state index in [4.69, 9.17) is 9.47 Å². The molecule has 2 heterocycles. The average molecular weight is 488 g/mol. The summed E-state index contributed by atoms with van der Waals surface area (Å²) >= 11 is 0. The van der Waals surface area contributed by atoms with Gasteiger partial charge >= 0.3 is 0 Å². The first-order chi connectivity index (χ1) is 16.2. The summed E-state index contributed by atoms with van der Waals surface area (Å²) in [5.41, 5.74) is 1.62. The number of carbonyl (C=O) groups excluding carboxylic acids is 2. The van der Waals surface area contributed by atoms with E-state index in [2.05, 4.69) is 10.0 Å². The topological polar surface area (TPSA) is 114 Å². The highest BCUT2D eigenvalue weighted by Gasteiger charge is 2.39. The molecule has 0 aromatic heterocycles. The predicted octanol–water partition coefficient (Wildman–Crippen LogP) is 2.15. The molecule has 34 heavy (non-hydrogen) atoms. The molecule has 2 N–H and O–H groups in total. The molecule has 2 amide bonds. The van der Waals surface area contributed by atoms with Crippen molar-refractivity contribution in [1.29, 1.82) is 0 Å². The molecule has 2 aliphatic heterocycles. The number of ether oxygens (including phenoxy) is 2. The second-order valence-corrected chi connectivity index (χ2v) is 10.5. The molecule has 2 aromatic rings. The Morgan fingerprint density at radius 1 is 1.15 bits per heavy atom. The van der Waals surface area contributed by atoms with Crippen LogP contribution in [0, 0.1) is 0 Å². The van der Waals surface area contributed by atoms with E-state index in [0.29, 0.717) is 30.8 Å². The number of fused-ring (bicyclic) bond motifs is 2. The number of carbonyl (C=O) groups is 2. The normalized spacial score (nSPS) is 22.5. The lowest BCUT2D eigenvalue weighted by Gasteiger charge is -2.42. The molecule has 9 nitrogen and oxygen atoms in total. The van der Waals surface area contributed by atoms with Crippen LogP contribution in [0.4, 0.5) is 5.69 Å². The van der Waals surface area contributed by atoms with Crippen LogP contribution in [0.15, 0.2) is 48.5 Å². The number of amides is 2. The Morgan fingerprint density at radius 3 is 2.65 bits per heavy atom. The van der Waals surface area contributed by atoms with E-state index in [1.165, 1.54) is 6.07 Å². The van der Waals surface area contributed by atoms with Crippen molar-refractivity contribution in [2.24, 2.45) is 0 Å². The van der Waals surface area contributed by atoms with Crippen molar-refractivity contribution in [3.05, 3.63) is 59.7 Å². The molecule has 1 saturated heterocycles. The first-order valence-corrected chi connectivity index (χ1v) is 13.1. The summed E-state index contributed by atoms with van der Waals surface area (Å²) in [7, 11) is -1.76. The number of benzene rings is 2. The lowest BCUT2D eigenvalue weighted by molar-refractivity contribution is -0.134. The SMILES string of the molecule is CN1C(=O)c2cc(NS(C)(=O)=O)ccc2OC[C@@H]2O[C@@H](CC(=O)NCc3ccccc3)CC[C@@H]21. The summed E-state index contributed by atoms with van der Waals surface area (Å²) in [5.74, 6) is 0.00457. The highest BCUT2D eigenvalue weighted by atomic mass is 32.2. The molecular weight excluding hydrogens is 458 g/mol. The third-order valence-corrected chi connectivity index (χ3v) is 6.67. The highest BCUT2D eigenvalue weighted by Crippen LogP contribution is 2.32. The lowest BCUT2D eigenvalue weighted by atomic mass is 9.94. The van der Waals surface area contributed by atoms with E-state index in [1.807, 2.05) is 30.3 Å². The Labute approximate surface area is 199 Å². The molecule has 0 saturated carbocycles. The van der Waals surface area contributed by atoms with Gasteiger partial charge in [0.05, 0.1) is 30.4 Å². The minimum absolute atomic E-state index is 0.0836. The van der Waals surface area contributed by atoms with Crippen LogP contribution in [-0.4, -0.2) is 63.3 Å². The second-order valence-electron chi connectivity index (χ2n) is 8.72. The van der Waals surface area contributed by atoms with Crippen LogP contribution >= 0.6 is 0 Å². The van der Waals surface area contributed by atoms with Gasteiger partial charge in [0.1, 0.15) is 18.5 Å². The number of nitrogens with zero attached hydrogens (tertiary/aromatic N) is 1. The van der Waals surface area contributed by atoms with Crippen LogP contribution in [0.1, 0.15) is 35.2 Å². The van der Waals surface area contributed by atoms with Crippen molar-refractivity contribution >= 4 is 27.5 Å². The van der Waals surface area contributed by atoms with Gasteiger partial charge in [-0.05, 0) is 36.6 Å². The van der Waals surface area contributed by atoms with Crippen molar-refractivity contribution < 1.29 is 27.5 Å². The molecule has 0 radical (unpaired) electrons. The van der Waals surface area contributed by atoms with Gasteiger partial charge in [-0.15, -0.1) is 0 Å². The molecule has 0 bridgehead atoms. The van der Waals surface area contributed by atoms with Crippen LogP contribution in [0.2, 0.25) is 0 Å². The van der Waals surface area contributed by atoms with Gasteiger partial charge in [-0.3, -0.25) is 14.3 Å². The minimum atomic E-state index is -3.47. The van der Waals surface area contributed by atoms with Crippen molar-refractivity contribution in [2.45, 2.75) is 44.1 Å². The molecule has 182 valence electrons. The van der Waals surface area contributed by atoms with E-state index in [9.17, 15) is 18.0 Å². The number of sulfonamides is 1. The smallest absolute Gasteiger partial charge is 0.257 e. The monoisotopic (exact) mass is 487 g/mol. The summed E-state index contributed by atoms with van der Waals surface area (Å²) in [6.07, 6.45) is 1.96. The van der Waals surface area contributed by atoms with Crippen molar-refractivity contribution in [3.8, 4) is 5.75 Å². The van der Waals surface area contributed by atoms with Gasteiger partial charge in [-0.25, -0.2) is 8.42 Å². The van der Waals surface area contributed by atoms with Gasteiger partial charge in [0.25, 0.3) is 5.91 Å². The van der Waals surface area contributed by atoms with Gasteiger partial charge in [0, 0.05) is 19.3 Å². The summed E-state index contributed by atoms with van der Waals surface area (Å²) < 4.78 is 37.6. The van der Waals surface area contributed by atoms with Gasteiger partial charge in [0.2, 0.25) is 15.9 Å². The third kappa shape index (κ3) is 5.87. The molecule has 3 atom stereocenters. The van der Waals surface area contributed by atoms with Gasteiger partial charge in [-0.1, -0.05) is 30.3 Å². The van der Waals surface area contributed by atoms with E-state index in [1.54, 1.807) is 24.1 Å². The third-order valence-electron chi connectivity index (χ3n) is 6.06. The lowest BCUT2D eigenvalue weighted by Crippen LogP contribution is -2.53. The fourth-order valence-corrected chi connectivity index (χ4v) is 4.94. The molecule has 0 spiro atoms. The molecule has 2 aromatic carbocycles. The Kier molecular flexibility index (Phi) is 7.08. The number of likely N-dealkylation sites (N-methyl/N-ethyl adjacent to an activating group) is 1. The minimum Gasteiger partial charge on any atom is -0.490 e. The van der Waals surface area contributed by atoms with E-state index < -0.39 is 10.0 Å². The fraction of sp³-hybridized carbons (Fsp3) is 0.417. The largest absolute Gasteiger partial charge is 0.490 e. The number of nitrogens with one attached hydrogen (secondary N) is 2. The molecular formula is C24H29N3O6S. The van der Waals surface area contributed by atoms with Crippen molar-refractivity contribution in [3.63, 3.8) is 0 Å². The van der Waals surface area contributed by atoms with Crippen LogP contribution < -0.4 is 14.8 Å². The van der Waals surface area contributed by atoms with Crippen LogP contribution in [0.25, 0.3) is 0 Å². The molecule has 10 heteroatoms. The zero-order chi connectivity index (χ0) is 24.3. The van der Waals surface area contributed by atoms with E-state index in [0.717, 1.165) is 11.8 Å². The summed E-state index contributed by atoms with van der Waals surface area (Å²) in [6.45, 7) is 0.683. The summed E-state index contributed by atoms with van der Waals surface area (Å²) in [4.78, 5) is 27.3. The van der Waals surface area contributed by atoms with Gasteiger partial charge < -0.3 is 19.7 Å². The average Bonchev–Trinajstić information content (AvgIpc) is 2.80. The maximum absolute atomic E-state index is 13.2. The molecule has 0 unspecified atom stereocenters. The Balaban J connectivity index is 1.40. The first kappa shape index (κ1) is 24.0. The second kappa shape index (κ2) is 10.0. The molecule has 1 fully saturated rings. The van der Waals surface area contributed by atoms with Crippen molar-refractivity contribution in [1.82, 2.24) is 10.2 Å². The van der Waals surface area contributed by atoms with Gasteiger partial charge in [-0.2, -0.15) is 0 Å². The fourth-order valence-electron chi connectivity index (χ4n) is 4.38. The number of anilines is 1. The first-order valence-electron chi connectivity index (χ1n) is 11.2. The van der Waals surface area contributed by atoms with Gasteiger partial charge in [0.15, 0.2) is 0 Å². The Bertz CT molecular complexity index is 1150. The maximum atomic E-state index is 13.2. The standard InChI is InChI=1S/C24H29N3O6S/c1-27-20-10-9-18(13-23(28)25-14-16-6-4-3-5-7-16)33-22(20)15-32-21-11-8-17(26-34(2,30)31)12-19(21)24(27)29/h3-8,11-12,18,20,22,26H,9-10,13-15H2,1-2H3,(H,25,28)/t18-,20+,22+/m1/s1. The summed E-state index contributed by atoms with van der Waals surface area (Å²) in [5, 5.41) is 2.93. The quantitative estimate of drug-likeness (QED) is 0.645. The molecule has 4 rings (SSSR count). The van der Waals surface area contributed by atoms with Crippen LogP contribution in [0.5, 0.6) is 5.75 Å². The zero-order valence-electron chi connectivity index (χ0n) is 19.2. The Morgan fingerprint density at radius 2 is 1.91 bits per heavy atom. The maximum Gasteiger partial charge on any atom is 0.257 e. The Hall–Kier alpha value is -3.11. The number of hydrogen-bond donors (Lipinski definition) is 2. The zero-order valence-corrected chi connectivity index (χ0v) is 20.0. The van der Waals surface area contributed by atoms with E-state index >= 15 is 0 Å². The molecule has 2 aliphatic rings. The number of rotatable bonds is 6. The van der Waals surface area contributed by atoms with Crippen molar-refractivity contribution in [2.75, 3.05) is 24.6 Å². The van der Waals surface area contributed by atoms with Crippen LogP contribution in [0.3, 0.4) is 0 Å². The predicted molar refractivity (Wildman–Crippen MR) is 127 cm³/mol. The molecule has 0 aliphatic carbocycles.